The third-order valence-electron chi connectivity index (χ3n) is 4.55. The van der Waals surface area contributed by atoms with Crippen LogP contribution in [0.4, 0.5) is 14.9 Å². The number of rotatable bonds is 4. The van der Waals surface area contributed by atoms with Gasteiger partial charge in [-0.25, -0.2) is 9.18 Å². The number of nitrogens with one attached hydrogen (secondary N) is 2. The van der Waals surface area contributed by atoms with Crippen LogP contribution in [0, 0.1) is 5.82 Å². The SMILES string of the molecule is CC(C(=O)NC1CC1)N1CCN(C(=O)Nc2ccc(F)cc2)CC1. The second-order valence-corrected chi connectivity index (χ2v) is 6.42. The normalized spacial score (nSPS) is 19.7. The highest BCUT2D eigenvalue weighted by Crippen LogP contribution is 2.19. The number of anilines is 1. The van der Waals surface area contributed by atoms with Gasteiger partial charge < -0.3 is 15.5 Å². The summed E-state index contributed by atoms with van der Waals surface area (Å²) in [5.41, 5.74) is 0.570. The molecule has 1 atom stereocenters. The van der Waals surface area contributed by atoms with E-state index in [0.717, 1.165) is 12.8 Å². The van der Waals surface area contributed by atoms with Crippen LogP contribution in [0.1, 0.15) is 19.8 Å². The van der Waals surface area contributed by atoms with Crippen molar-refractivity contribution in [2.24, 2.45) is 0 Å². The van der Waals surface area contributed by atoms with E-state index in [0.29, 0.717) is 37.9 Å². The molecule has 1 aromatic carbocycles. The summed E-state index contributed by atoms with van der Waals surface area (Å²) in [5, 5.41) is 5.78. The van der Waals surface area contributed by atoms with Crippen molar-refractivity contribution in [3.63, 3.8) is 0 Å². The monoisotopic (exact) mass is 334 g/mol. The predicted molar refractivity (Wildman–Crippen MR) is 89.2 cm³/mol. The molecule has 130 valence electrons. The van der Waals surface area contributed by atoms with E-state index in [1.807, 2.05) is 6.92 Å². The third kappa shape index (κ3) is 4.23. The standard InChI is InChI=1S/C17H23FN4O2/c1-12(16(23)19-14-6-7-14)21-8-10-22(11-9-21)17(24)20-15-4-2-13(18)3-5-15/h2-5,12,14H,6-11H2,1H3,(H,19,23)(H,20,24). The van der Waals surface area contributed by atoms with Crippen LogP contribution in [0.5, 0.6) is 0 Å². The Kier molecular flexibility index (Phi) is 4.99. The number of piperazine rings is 1. The zero-order chi connectivity index (χ0) is 17.1. The van der Waals surface area contributed by atoms with Crippen molar-refractivity contribution in [3.8, 4) is 0 Å². The highest BCUT2D eigenvalue weighted by molar-refractivity contribution is 5.89. The van der Waals surface area contributed by atoms with Gasteiger partial charge in [0.2, 0.25) is 5.91 Å². The Balaban J connectivity index is 1.46. The molecule has 0 bridgehead atoms. The maximum absolute atomic E-state index is 12.9. The van der Waals surface area contributed by atoms with Crippen LogP contribution in [0.2, 0.25) is 0 Å². The molecule has 0 spiro atoms. The molecule has 3 amide bonds. The van der Waals surface area contributed by atoms with Crippen molar-refractivity contribution >= 4 is 17.6 Å². The summed E-state index contributed by atoms with van der Waals surface area (Å²) < 4.78 is 12.9. The van der Waals surface area contributed by atoms with Gasteiger partial charge in [0.1, 0.15) is 5.82 Å². The molecular formula is C17H23FN4O2. The number of urea groups is 1. The molecule has 2 fully saturated rings. The molecule has 1 aromatic rings. The van der Waals surface area contributed by atoms with Crippen molar-refractivity contribution in [2.75, 3.05) is 31.5 Å². The molecule has 1 aliphatic carbocycles. The first-order chi connectivity index (χ1) is 11.5. The number of hydrogen-bond donors (Lipinski definition) is 2. The minimum atomic E-state index is -0.333. The van der Waals surface area contributed by atoms with Crippen molar-refractivity contribution in [2.45, 2.75) is 31.8 Å². The molecule has 2 aliphatic rings. The molecule has 1 unspecified atom stereocenters. The van der Waals surface area contributed by atoms with Gasteiger partial charge in [-0.05, 0) is 44.0 Å². The van der Waals surface area contributed by atoms with E-state index in [-0.39, 0.29) is 23.8 Å². The minimum absolute atomic E-state index is 0.0710. The van der Waals surface area contributed by atoms with E-state index < -0.39 is 0 Å². The van der Waals surface area contributed by atoms with Crippen LogP contribution >= 0.6 is 0 Å². The third-order valence-corrected chi connectivity index (χ3v) is 4.55. The molecular weight excluding hydrogens is 311 g/mol. The van der Waals surface area contributed by atoms with Crippen molar-refractivity contribution in [3.05, 3.63) is 30.1 Å². The van der Waals surface area contributed by atoms with Gasteiger partial charge in [0.05, 0.1) is 6.04 Å². The maximum atomic E-state index is 12.9. The van der Waals surface area contributed by atoms with Gasteiger partial charge in [-0.3, -0.25) is 9.69 Å². The summed E-state index contributed by atoms with van der Waals surface area (Å²) >= 11 is 0. The Hall–Kier alpha value is -2.15. The largest absolute Gasteiger partial charge is 0.352 e. The van der Waals surface area contributed by atoms with E-state index in [9.17, 15) is 14.0 Å². The van der Waals surface area contributed by atoms with Crippen LogP contribution in [0.15, 0.2) is 24.3 Å². The summed E-state index contributed by atoms with van der Waals surface area (Å²) in [7, 11) is 0. The van der Waals surface area contributed by atoms with E-state index in [1.54, 1.807) is 4.90 Å². The van der Waals surface area contributed by atoms with Crippen molar-refractivity contribution in [1.29, 1.82) is 0 Å². The van der Waals surface area contributed by atoms with E-state index in [4.69, 9.17) is 0 Å². The summed E-state index contributed by atoms with van der Waals surface area (Å²) in [6, 6.07) is 5.69. The molecule has 2 N–H and O–H groups in total. The van der Waals surface area contributed by atoms with Crippen LogP contribution < -0.4 is 10.6 Å². The zero-order valence-corrected chi connectivity index (χ0v) is 13.8. The van der Waals surface area contributed by atoms with Gasteiger partial charge in [0.15, 0.2) is 0 Å². The number of carbonyl (C=O) groups is 2. The summed E-state index contributed by atoms with van der Waals surface area (Å²) in [4.78, 5) is 28.2. The summed E-state index contributed by atoms with van der Waals surface area (Å²) in [5.74, 6) is -0.262. The average molecular weight is 334 g/mol. The fourth-order valence-corrected chi connectivity index (χ4v) is 2.76. The quantitative estimate of drug-likeness (QED) is 0.880. The fraction of sp³-hybridized carbons (Fsp3) is 0.529. The molecule has 1 saturated carbocycles. The lowest BCUT2D eigenvalue weighted by atomic mass is 10.2. The number of nitrogens with zero attached hydrogens (tertiary/aromatic N) is 2. The Bertz CT molecular complexity index is 595. The molecule has 0 aromatic heterocycles. The maximum Gasteiger partial charge on any atom is 0.321 e. The number of benzene rings is 1. The van der Waals surface area contributed by atoms with Crippen molar-refractivity contribution in [1.82, 2.24) is 15.1 Å². The van der Waals surface area contributed by atoms with E-state index in [2.05, 4.69) is 15.5 Å². The Morgan fingerprint density at radius 1 is 1.12 bits per heavy atom. The van der Waals surface area contributed by atoms with E-state index in [1.165, 1.54) is 24.3 Å². The molecule has 7 heteroatoms. The molecule has 6 nitrogen and oxygen atoms in total. The van der Waals surface area contributed by atoms with Gasteiger partial charge in [0, 0.05) is 37.9 Å². The minimum Gasteiger partial charge on any atom is -0.352 e. The Morgan fingerprint density at radius 2 is 1.75 bits per heavy atom. The summed E-state index contributed by atoms with van der Waals surface area (Å²) in [6.45, 7) is 4.36. The first-order valence-electron chi connectivity index (χ1n) is 8.39. The van der Waals surface area contributed by atoms with Crippen LogP contribution in [-0.4, -0.2) is 60.0 Å². The number of amides is 3. The lowest BCUT2D eigenvalue weighted by Gasteiger charge is -2.37. The van der Waals surface area contributed by atoms with Crippen molar-refractivity contribution < 1.29 is 14.0 Å². The lowest BCUT2D eigenvalue weighted by Crippen LogP contribution is -2.55. The topological polar surface area (TPSA) is 64.7 Å². The molecule has 24 heavy (non-hydrogen) atoms. The lowest BCUT2D eigenvalue weighted by molar-refractivity contribution is -0.126. The Morgan fingerprint density at radius 3 is 2.33 bits per heavy atom. The molecule has 1 heterocycles. The number of halogens is 1. The second-order valence-electron chi connectivity index (χ2n) is 6.42. The van der Waals surface area contributed by atoms with Gasteiger partial charge in [0.25, 0.3) is 0 Å². The van der Waals surface area contributed by atoms with Crippen LogP contribution in [-0.2, 0) is 4.79 Å². The molecule has 1 aliphatic heterocycles. The molecule has 3 rings (SSSR count). The highest BCUT2D eigenvalue weighted by Gasteiger charge is 2.30. The second kappa shape index (κ2) is 7.17. The van der Waals surface area contributed by atoms with Crippen LogP contribution in [0.3, 0.4) is 0 Å². The smallest absolute Gasteiger partial charge is 0.321 e. The molecule has 0 radical (unpaired) electrons. The highest BCUT2D eigenvalue weighted by atomic mass is 19.1. The van der Waals surface area contributed by atoms with Gasteiger partial charge in [-0.2, -0.15) is 0 Å². The molecule has 1 saturated heterocycles. The number of carbonyl (C=O) groups excluding carboxylic acids is 2. The predicted octanol–water partition coefficient (Wildman–Crippen LogP) is 1.64. The number of hydrogen-bond acceptors (Lipinski definition) is 3. The zero-order valence-electron chi connectivity index (χ0n) is 13.8. The Labute approximate surface area is 141 Å². The van der Waals surface area contributed by atoms with Gasteiger partial charge in [-0.1, -0.05) is 0 Å². The first-order valence-corrected chi connectivity index (χ1v) is 8.39. The summed E-state index contributed by atoms with van der Waals surface area (Å²) in [6.07, 6.45) is 2.16. The van der Waals surface area contributed by atoms with Crippen LogP contribution in [0.25, 0.3) is 0 Å². The van der Waals surface area contributed by atoms with Gasteiger partial charge >= 0.3 is 6.03 Å². The first kappa shape index (κ1) is 16.7. The van der Waals surface area contributed by atoms with E-state index >= 15 is 0 Å². The average Bonchev–Trinajstić information content (AvgIpc) is 3.40. The fourth-order valence-electron chi connectivity index (χ4n) is 2.76. The van der Waals surface area contributed by atoms with Gasteiger partial charge in [-0.15, -0.1) is 0 Å².